The van der Waals surface area contributed by atoms with Gasteiger partial charge in [0, 0.05) is 56.6 Å². The monoisotopic (exact) mass is 406 g/mol. The maximum Gasteiger partial charge on any atom is 0.251 e. The standard InChI is InChI=1S/C25H34N4O/c1-21(28-14-16-29(17-15-28)24-10-3-2-4-11-24)19-26-25(30)23-9-7-8-22(18-23)20-27-12-5-6-13-27/h2-4,7-11,18,21H,5-6,12-17,19-20H2,1H3,(H,26,30). The molecule has 5 nitrogen and oxygen atoms in total. The fraction of sp³-hybridized carbons (Fsp3) is 0.480. The van der Waals surface area contributed by atoms with E-state index in [1.807, 2.05) is 12.1 Å². The smallest absolute Gasteiger partial charge is 0.251 e. The molecule has 2 heterocycles. The third kappa shape index (κ3) is 5.41. The van der Waals surface area contributed by atoms with Gasteiger partial charge in [0.2, 0.25) is 0 Å². The van der Waals surface area contributed by atoms with Gasteiger partial charge in [0.25, 0.3) is 5.91 Å². The molecule has 0 aliphatic carbocycles. The number of nitrogens with one attached hydrogen (secondary N) is 1. The van der Waals surface area contributed by atoms with Crippen LogP contribution >= 0.6 is 0 Å². The van der Waals surface area contributed by atoms with E-state index in [1.165, 1.54) is 37.2 Å². The van der Waals surface area contributed by atoms with Crippen molar-refractivity contribution in [3.05, 3.63) is 65.7 Å². The van der Waals surface area contributed by atoms with Crippen molar-refractivity contribution in [1.29, 1.82) is 0 Å². The Labute approximate surface area is 180 Å². The lowest BCUT2D eigenvalue weighted by Gasteiger charge is -2.39. The van der Waals surface area contributed by atoms with Crippen LogP contribution < -0.4 is 10.2 Å². The van der Waals surface area contributed by atoms with E-state index in [1.54, 1.807) is 0 Å². The fourth-order valence-corrected chi connectivity index (χ4v) is 4.54. The summed E-state index contributed by atoms with van der Waals surface area (Å²) in [5.41, 5.74) is 3.30. The van der Waals surface area contributed by atoms with Gasteiger partial charge in [0.15, 0.2) is 0 Å². The number of para-hydroxylation sites is 1. The number of benzene rings is 2. The van der Waals surface area contributed by atoms with Crippen molar-refractivity contribution < 1.29 is 4.79 Å². The molecule has 1 unspecified atom stereocenters. The zero-order chi connectivity index (χ0) is 20.8. The molecular weight excluding hydrogens is 372 g/mol. The van der Waals surface area contributed by atoms with Gasteiger partial charge in [-0.1, -0.05) is 30.3 Å². The van der Waals surface area contributed by atoms with Crippen molar-refractivity contribution in [2.45, 2.75) is 32.4 Å². The average Bonchev–Trinajstić information content (AvgIpc) is 3.31. The van der Waals surface area contributed by atoms with E-state index >= 15 is 0 Å². The second-order valence-corrected chi connectivity index (χ2v) is 8.60. The van der Waals surface area contributed by atoms with Gasteiger partial charge in [0.05, 0.1) is 0 Å². The summed E-state index contributed by atoms with van der Waals surface area (Å²) in [4.78, 5) is 20.1. The molecule has 1 atom stereocenters. The Bertz CT molecular complexity index is 811. The van der Waals surface area contributed by atoms with Crippen molar-refractivity contribution >= 4 is 11.6 Å². The first kappa shape index (κ1) is 20.9. The Morgan fingerprint density at radius 1 is 0.933 bits per heavy atom. The molecule has 1 N–H and O–H groups in total. The Morgan fingerprint density at radius 3 is 2.40 bits per heavy atom. The van der Waals surface area contributed by atoms with Crippen LogP contribution in [0.1, 0.15) is 35.7 Å². The van der Waals surface area contributed by atoms with Crippen molar-refractivity contribution in [2.24, 2.45) is 0 Å². The van der Waals surface area contributed by atoms with Crippen LogP contribution in [0.2, 0.25) is 0 Å². The molecule has 2 fully saturated rings. The molecule has 2 aromatic rings. The average molecular weight is 407 g/mol. The van der Waals surface area contributed by atoms with E-state index in [2.05, 4.69) is 69.4 Å². The summed E-state index contributed by atoms with van der Waals surface area (Å²) >= 11 is 0. The summed E-state index contributed by atoms with van der Waals surface area (Å²) in [6.45, 7) is 10.3. The van der Waals surface area contributed by atoms with Gasteiger partial charge in [-0.3, -0.25) is 14.6 Å². The number of rotatable bonds is 7. The summed E-state index contributed by atoms with van der Waals surface area (Å²) < 4.78 is 0. The number of amides is 1. The summed E-state index contributed by atoms with van der Waals surface area (Å²) in [5.74, 6) is 0.0352. The third-order valence-corrected chi connectivity index (χ3v) is 6.41. The molecule has 2 aromatic carbocycles. The van der Waals surface area contributed by atoms with E-state index in [0.717, 1.165) is 38.3 Å². The van der Waals surface area contributed by atoms with Gasteiger partial charge in [-0.05, 0) is 62.7 Å². The molecule has 0 bridgehead atoms. The number of carbonyl (C=O) groups excluding carboxylic acids is 1. The predicted molar refractivity (Wildman–Crippen MR) is 123 cm³/mol. The van der Waals surface area contributed by atoms with Gasteiger partial charge in [-0.15, -0.1) is 0 Å². The summed E-state index contributed by atoms with van der Waals surface area (Å²) in [5, 5.41) is 3.15. The molecule has 0 radical (unpaired) electrons. The Hall–Kier alpha value is -2.37. The van der Waals surface area contributed by atoms with Crippen LogP contribution in [0.15, 0.2) is 54.6 Å². The van der Waals surface area contributed by atoms with Crippen LogP contribution in [0.25, 0.3) is 0 Å². The quantitative estimate of drug-likeness (QED) is 0.766. The number of hydrogen-bond acceptors (Lipinski definition) is 4. The van der Waals surface area contributed by atoms with Crippen LogP contribution in [0, 0.1) is 0 Å². The third-order valence-electron chi connectivity index (χ3n) is 6.41. The summed E-state index contributed by atoms with van der Waals surface area (Å²) in [7, 11) is 0. The van der Waals surface area contributed by atoms with Gasteiger partial charge in [0.1, 0.15) is 0 Å². The van der Waals surface area contributed by atoms with E-state index in [-0.39, 0.29) is 5.91 Å². The number of likely N-dealkylation sites (tertiary alicyclic amines) is 1. The number of anilines is 1. The maximum atomic E-state index is 12.7. The SMILES string of the molecule is CC(CNC(=O)c1cccc(CN2CCCC2)c1)N1CCN(c2ccccc2)CC1. The predicted octanol–water partition coefficient (Wildman–Crippen LogP) is 3.22. The van der Waals surface area contributed by atoms with Crippen molar-refractivity contribution in [2.75, 3.05) is 50.7 Å². The minimum atomic E-state index is 0.0352. The zero-order valence-corrected chi connectivity index (χ0v) is 18.1. The topological polar surface area (TPSA) is 38.8 Å². The molecule has 1 amide bonds. The highest BCUT2D eigenvalue weighted by Gasteiger charge is 2.22. The molecule has 4 rings (SSSR count). The molecule has 30 heavy (non-hydrogen) atoms. The largest absolute Gasteiger partial charge is 0.369 e. The molecule has 2 aliphatic rings. The molecule has 2 saturated heterocycles. The van der Waals surface area contributed by atoms with Gasteiger partial charge < -0.3 is 10.2 Å². The second-order valence-electron chi connectivity index (χ2n) is 8.60. The first-order valence-electron chi connectivity index (χ1n) is 11.3. The van der Waals surface area contributed by atoms with E-state index in [4.69, 9.17) is 0 Å². The van der Waals surface area contributed by atoms with Gasteiger partial charge in [-0.25, -0.2) is 0 Å². The number of piperazine rings is 1. The lowest BCUT2D eigenvalue weighted by atomic mass is 10.1. The van der Waals surface area contributed by atoms with Crippen LogP contribution in [0.5, 0.6) is 0 Å². The van der Waals surface area contributed by atoms with Crippen molar-refractivity contribution in [3.8, 4) is 0 Å². The Kier molecular flexibility index (Phi) is 7.03. The van der Waals surface area contributed by atoms with Crippen molar-refractivity contribution in [3.63, 3.8) is 0 Å². The molecule has 0 aromatic heterocycles. The highest BCUT2D eigenvalue weighted by Crippen LogP contribution is 2.17. The van der Waals surface area contributed by atoms with Crippen LogP contribution in [0.4, 0.5) is 5.69 Å². The molecule has 0 saturated carbocycles. The summed E-state index contributed by atoms with van der Waals surface area (Å²) in [6, 6.07) is 19.1. The summed E-state index contributed by atoms with van der Waals surface area (Å²) in [6.07, 6.45) is 2.58. The molecule has 2 aliphatic heterocycles. The van der Waals surface area contributed by atoms with Crippen LogP contribution in [-0.4, -0.2) is 67.6 Å². The molecule has 0 spiro atoms. The van der Waals surface area contributed by atoms with Crippen molar-refractivity contribution in [1.82, 2.24) is 15.1 Å². The van der Waals surface area contributed by atoms with Crippen LogP contribution in [-0.2, 0) is 6.54 Å². The second kappa shape index (κ2) is 10.1. The normalized spacial score (nSPS) is 19.0. The first-order valence-corrected chi connectivity index (χ1v) is 11.3. The lowest BCUT2D eigenvalue weighted by molar-refractivity contribution is 0.0934. The highest BCUT2D eigenvalue weighted by atomic mass is 16.1. The molecule has 5 heteroatoms. The molecular formula is C25H34N4O. The van der Waals surface area contributed by atoms with Crippen LogP contribution in [0.3, 0.4) is 0 Å². The van der Waals surface area contributed by atoms with E-state index < -0.39 is 0 Å². The highest BCUT2D eigenvalue weighted by molar-refractivity contribution is 5.94. The van der Waals surface area contributed by atoms with Gasteiger partial charge in [-0.2, -0.15) is 0 Å². The fourth-order valence-electron chi connectivity index (χ4n) is 4.54. The maximum absolute atomic E-state index is 12.7. The number of carbonyl (C=O) groups is 1. The minimum Gasteiger partial charge on any atom is -0.369 e. The minimum absolute atomic E-state index is 0.0352. The van der Waals surface area contributed by atoms with E-state index in [9.17, 15) is 4.79 Å². The Balaban J connectivity index is 1.24. The lowest BCUT2D eigenvalue weighted by Crippen LogP contribution is -2.52. The number of hydrogen-bond donors (Lipinski definition) is 1. The Morgan fingerprint density at radius 2 is 1.67 bits per heavy atom. The molecule has 160 valence electrons. The van der Waals surface area contributed by atoms with E-state index in [0.29, 0.717) is 12.6 Å². The number of nitrogens with zero attached hydrogens (tertiary/aromatic N) is 3. The zero-order valence-electron chi connectivity index (χ0n) is 18.1. The first-order chi connectivity index (χ1) is 14.7. The van der Waals surface area contributed by atoms with Gasteiger partial charge >= 0.3 is 0 Å².